The highest BCUT2D eigenvalue weighted by molar-refractivity contribution is 6.02. The summed E-state index contributed by atoms with van der Waals surface area (Å²) in [4.78, 5) is 0. The smallest absolute Gasteiger partial charge is 0.174 e. The van der Waals surface area contributed by atoms with Crippen LogP contribution < -0.4 is 4.74 Å². The van der Waals surface area contributed by atoms with Gasteiger partial charge in [-0.1, -0.05) is 18.2 Å². The lowest BCUT2D eigenvalue weighted by atomic mass is 9.99. The largest absolute Gasteiger partial charge is 0.457 e. The third-order valence-electron chi connectivity index (χ3n) is 2.69. The monoisotopic (exact) mass is 261 g/mol. The maximum absolute atomic E-state index is 8.77. The second-order valence-corrected chi connectivity index (χ2v) is 4.04. The van der Waals surface area contributed by atoms with Crippen LogP contribution >= 0.6 is 0 Å². The molecule has 1 N–H and O–H groups in total. The molecule has 0 atom stereocenters. The molecule has 0 heterocycles. The Morgan fingerprint density at radius 3 is 2.00 bits per heavy atom. The number of rotatable bonds is 4. The Balaban J connectivity index is 2.13. The van der Waals surface area contributed by atoms with Crippen molar-refractivity contribution in [3.8, 4) is 23.6 Å². The fourth-order valence-corrected chi connectivity index (χ4v) is 1.65. The highest BCUT2D eigenvalue weighted by Crippen LogP contribution is 2.21. The zero-order valence-corrected chi connectivity index (χ0v) is 10.6. The average Bonchev–Trinajstić information content (AvgIpc) is 2.50. The lowest BCUT2D eigenvalue weighted by molar-refractivity contribution is 0.482. The Morgan fingerprint density at radius 1 is 0.900 bits per heavy atom. The number of nitrogens with one attached hydrogen (secondary N) is 1. The standard InChI is InChI=1S/C16H11N3O/c17-10-13(11-18)16(19)12-6-8-15(9-7-12)20-14-4-2-1-3-5-14/h1-9,13,19H. The number of para-hydroxylation sites is 1. The first kappa shape index (κ1) is 13.3. The van der Waals surface area contributed by atoms with Crippen LogP contribution in [0.5, 0.6) is 11.5 Å². The first-order valence-electron chi connectivity index (χ1n) is 5.95. The fourth-order valence-electron chi connectivity index (χ4n) is 1.65. The van der Waals surface area contributed by atoms with Crippen LogP contribution in [0.3, 0.4) is 0 Å². The van der Waals surface area contributed by atoms with E-state index in [-0.39, 0.29) is 5.71 Å². The van der Waals surface area contributed by atoms with Gasteiger partial charge in [-0.3, -0.25) is 0 Å². The van der Waals surface area contributed by atoms with Crippen molar-refractivity contribution in [2.24, 2.45) is 5.92 Å². The first-order valence-corrected chi connectivity index (χ1v) is 5.95. The van der Waals surface area contributed by atoms with Gasteiger partial charge in [-0.2, -0.15) is 10.5 Å². The van der Waals surface area contributed by atoms with Crippen molar-refractivity contribution >= 4 is 5.71 Å². The van der Waals surface area contributed by atoms with Gasteiger partial charge in [-0.15, -0.1) is 0 Å². The van der Waals surface area contributed by atoms with Crippen molar-refractivity contribution in [3.05, 3.63) is 60.2 Å². The van der Waals surface area contributed by atoms with Gasteiger partial charge >= 0.3 is 0 Å². The molecule has 96 valence electrons. The molecule has 4 heteroatoms. The van der Waals surface area contributed by atoms with Gasteiger partial charge in [0.05, 0.1) is 17.9 Å². The molecule has 0 aliphatic heterocycles. The molecule has 0 saturated heterocycles. The summed E-state index contributed by atoms with van der Waals surface area (Å²) in [5, 5.41) is 25.3. The van der Waals surface area contributed by atoms with Crippen LogP contribution in [0.25, 0.3) is 0 Å². The summed E-state index contributed by atoms with van der Waals surface area (Å²) >= 11 is 0. The summed E-state index contributed by atoms with van der Waals surface area (Å²) in [5.41, 5.74) is 0.541. The number of hydrogen-bond acceptors (Lipinski definition) is 4. The fraction of sp³-hybridized carbons (Fsp3) is 0.0625. The molecule has 4 nitrogen and oxygen atoms in total. The van der Waals surface area contributed by atoms with E-state index in [4.69, 9.17) is 20.7 Å². The molecule has 0 unspecified atom stereocenters. The van der Waals surface area contributed by atoms with Crippen LogP contribution in [0.2, 0.25) is 0 Å². The molecular formula is C16H11N3O. The molecule has 20 heavy (non-hydrogen) atoms. The molecule has 2 rings (SSSR count). The molecule has 0 amide bonds. The summed E-state index contributed by atoms with van der Waals surface area (Å²) in [5.74, 6) is 0.316. The van der Waals surface area contributed by atoms with E-state index in [1.807, 2.05) is 30.3 Å². The normalized spacial score (nSPS) is 9.55. The summed E-state index contributed by atoms with van der Waals surface area (Å²) in [6, 6.07) is 19.7. The van der Waals surface area contributed by atoms with Gasteiger partial charge in [-0.25, -0.2) is 0 Å². The van der Waals surface area contributed by atoms with Crippen LogP contribution in [0, 0.1) is 34.0 Å². The number of hydrogen-bond donors (Lipinski definition) is 1. The van der Waals surface area contributed by atoms with E-state index in [9.17, 15) is 0 Å². The minimum atomic E-state index is -1.05. The Morgan fingerprint density at radius 2 is 1.45 bits per heavy atom. The van der Waals surface area contributed by atoms with Crippen molar-refractivity contribution in [2.75, 3.05) is 0 Å². The van der Waals surface area contributed by atoms with Gasteiger partial charge in [0.15, 0.2) is 5.92 Å². The van der Waals surface area contributed by atoms with E-state index in [0.717, 1.165) is 5.75 Å². The molecule has 0 aliphatic rings. The maximum Gasteiger partial charge on any atom is 0.174 e. The maximum atomic E-state index is 8.77. The topological polar surface area (TPSA) is 80.7 Å². The summed E-state index contributed by atoms with van der Waals surface area (Å²) in [7, 11) is 0. The predicted octanol–water partition coefficient (Wildman–Crippen LogP) is 3.51. The third-order valence-corrected chi connectivity index (χ3v) is 2.69. The minimum Gasteiger partial charge on any atom is -0.457 e. The van der Waals surface area contributed by atoms with Gasteiger partial charge in [0.1, 0.15) is 11.5 Å². The number of benzene rings is 2. The van der Waals surface area contributed by atoms with Crippen LogP contribution in [-0.4, -0.2) is 5.71 Å². The van der Waals surface area contributed by atoms with Crippen molar-refractivity contribution in [3.63, 3.8) is 0 Å². The van der Waals surface area contributed by atoms with Gasteiger partial charge in [0.25, 0.3) is 0 Å². The van der Waals surface area contributed by atoms with E-state index in [0.29, 0.717) is 11.3 Å². The molecule has 0 spiro atoms. The van der Waals surface area contributed by atoms with Crippen LogP contribution in [-0.2, 0) is 0 Å². The van der Waals surface area contributed by atoms with E-state index >= 15 is 0 Å². The van der Waals surface area contributed by atoms with E-state index < -0.39 is 5.92 Å². The Hall–Kier alpha value is -3.11. The molecule has 0 bridgehead atoms. The van der Waals surface area contributed by atoms with Crippen LogP contribution in [0.4, 0.5) is 0 Å². The van der Waals surface area contributed by atoms with Gasteiger partial charge in [-0.05, 0) is 42.0 Å². The first-order chi connectivity index (χ1) is 9.74. The summed E-state index contributed by atoms with van der Waals surface area (Å²) in [6.45, 7) is 0. The Bertz CT molecular complexity index is 664. The van der Waals surface area contributed by atoms with Crippen molar-refractivity contribution < 1.29 is 4.74 Å². The second-order valence-electron chi connectivity index (χ2n) is 4.04. The molecule has 0 fully saturated rings. The van der Waals surface area contributed by atoms with Crippen LogP contribution in [0.1, 0.15) is 5.56 Å². The van der Waals surface area contributed by atoms with E-state index in [1.54, 1.807) is 36.4 Å². The molecule has 2 aromatic rings. The molecule has 0 aromatic heterocycles. The molecule has 0 saturated carbocycles. The van der Waals surface area contributed by atoms with Crippen molar-refractivity contribution in [1.29, 1.82) is 15.9 Å². The number of nitriles is 2. The summed E-state index contributed by atoms with van der Waals surface area (Å²) in [6.07, 6.45) is 0. The van der Waals surface area contributed by atoms with Crippen LogP contribution in [0.15, 0.2) is 54.6 Å². The predicted molar refractivity (Wildman–Crippen MR) is 74.5 cm³/mol. The Kier molecular flexibility index (Phi) is 4.11. The summed E-state index contributed by atoms with van der Waals surface area (Å²) < 4.78 is 5.63. The van der Waals surface area contributed by atoms with Gasteiger partial charge in [0.2, 0.25) is 0 Å². The average molecular weight is 261 g/mol. The number of ether oxygens (including phenoxy) is 1. The van der Waals surface area contributed by atoms with E-state index in [1.165, 1.54) is 0 Å². The lowest BCUT2D eigenvalue weighted by Gasteiger charge is -2.07. The number of nitrogens with zero attached hydrogens (tertiary/aromatic N) is 2. The second kappa shape index (κ2) is 6.17. The highest BCUT2D eigenvalue weighted by atomic mass is 16.5. The molecule has 0 radical (unpaired) electrons. The van der Waals surface area contributed by atoms with Gasteiger partial charge in [0, 0.05) is 0 Å². The zero-order valence-electron chi connectivity index (χ0n) is 10.6. The van der Waals surface area contributed by atoms with Gasteiger partial charge < -0.3 is 10.1 Å². The van der Waals surface area contributed by atoms with E-state index in [2.05, 4.69) is 0 Å². The molecular weight excluding hydrogens is 250 g/mol. The van der Waals surface area contributed by atoms with Crippen molar-refractivity contribution in [2.45, 2.75) is 0 Å². The molecule has 2 aromatic carbocycles. The highest BCUT2D eigenvalue weighted by Gasteiger charge is 2.14. The van der Waals surface area contributed by atoms with Crippen molar-refractivity contribution in [1.82, 2.24) is 0 Å². The zero-order chi connectivity index (χ0) is 14.4. The Labute approximate surface area is 117 Å². The molecule has 0 aliphatic carbocycles. The minimum absolute atomic E-state index is 0.00117. The quantitative estimate of drug-likeness (QED) is 0.855. The third kappa shape index (κ3) is 3.01. The lowest BCUT2D eigenvalue weighted by Crippen LogP contribution is -2.10. The SMILES string of the molecule is N#CC(C#N)C(=N)c1ccc(Oc2ccccc2)cc1.